The average molecular weight is 325 g/mol. The van der Waals surface area contributed by atoms with Crippen molar-refractivity contribution in [2.45, 2.75) is 44.6 Å². The molecule has 0 radical (unpaired) electrons. The zero-order valence-electron chi connectivity index (χ0n) is 12.9. The lowest BCUT2D eigenvalue weighted by molar-refractivity contribution is -0.139. The Morgan fingerprint density at radius 2 is 1.91 bits per heavy atom. The fraction of sp³-hybridized carbons (Fsp3) is 0.412. The summed E-state index contributed by atoms with van der Waals surface area (Å²) in [6.07, 6.45) is 6.45. The van der Waals surface area contributed by atoms with Crippen molar-refractivity contribution in [3.05, 3.63) is 48.1 Å². The van der Waals surface area contributed by atoms with Gasteiger partial charge in [-0.05, 0) is 31.4 Å². The van der Waals surface area contributed by atoms with Crippen LogP contribution in [-0.4, -0.2) is 23.0 Å². The van der Waals surface area contributed by atoms with E-state index in [1.54, 1.807) is 0 Å². The maximum Gasteiger partial charge on any atom is 0.326 e. The molecule has 1 amide bonds. The first kappa shape index (κ1) is 18.8. The van der Waals surface area contributed by atoms with E-state index in [9.17, 15) is 18.4 Å². The Hall–Kier alpha value is -2.24. The van der Waals surface area contributed by atoms with E-state index in [4.69, 9.17) is 5.11 Å². The number of nitrogens with one attached hydrogen (secondary N) is 1. The lowest BCUT2D eigenvalue weighted by atomic mass is 10.1. The highest BCUT2D eigenvalue weighted by molar-refractivity contribution is 5.96. The number of carboxylic acids is 1. The van der Waals surface area contributed by atoms with Crippen molar-refractivity contribution in [2.75, 3.05) is 0 Å². The number of hydrogen-bond acceptors (Lipinski definition) is 2. The summed E-state index contributed by atoms with van der Waals surface area (Å²) in [6.45, 7) is 3.62. The highest BCUT2D eigenvalue weighted by Crippen LogP contribution is 2.12. The van der Waals surface area contributed by atoms with Gasteiger partial charge in [0.2, 0.25) is 0 Å². The SMILES string of the molecule is C=CCCCCCC[C@H](NC(=O)c1ccc(F)cc1F)C(=O)O. The summed E-state index contributed by atoms with van der Waals surface area (Å²) in [7, 11) is 0. The summed E-state index contributed by atoms with van der Waals surface area (Å²) >= 11 is 0. The minimum Gasteiger partial charge on any atom is -0.480 e. The molecule has 0 aliphatic heterocycles. The van der Waals surface area contributed by atoms with Gasteiger partial charge in [0, 0.05) is 6.07 Å². The quantitative estimate of drug-likeness (QED) is 0.509. The fourth-order valence-electron chi connectivity index (χ4n) is 2.16. The fourth-order valence-corrected chi connectivity index (χ4v) is 2.16. The van der Waals surface area contributed by atoms with Crippen molar-refractivity contribution in [1.82, 2.24) is 5.32 Å². The summed E-state index contributed by atoms with van der Waals surface area (Å²) < 4.78 is 26.3. The van der Waals surface area contributed by atoms with Crippen LogP contribution in [-0.2, 0) is 4.79 Å². The predicted molar refractivity (Wildman–Crippen MR) is 83.1 cm³/mol. The first-order valence-electron chi connectivity index (χ1n) is 7.55. The Morgan fingerprint density at radius 3 is 2.52 bits per heavy atom. The normalized spacial score (nSPS) is 11.7. The average Bonchev–Trinajstić information content (AvgIpc) is 2.49. The van der Waals surface area contributed by atoms with Gasteiger partial charge in [-0.1, -0.05) is 25.3 Å². The first-order valence-corrected chi connectivity index (χ1v) is 7.55. The summed E-state index contributed by atoms with van der Waals surface area (Å²) in [5.41, 5.74) is -0.372. The van der Waals surface area contributed by atoms with Crippen molar-refractivity contribution < 1.29 is 23.5 Å². The van der Waals surface area contributed by atoms with Gasteiger partial charge in [-0.15, -0.1) is 6.58 Å². The molecular weight excluding hydrogens is 304 g/mol. The van der Waals surface area contributed by atoms with Gasteiger partial charge in [-0.25, -0.2) is 13.6 Å². The van der Waals surface area contributed by atoms with Gasteiger partial charge in [-0.2, -0.15) is 0 Å². The van der Waals surface area contributed by atoms with Gasteiger partial charge in [0.15, 0.2) is 0 Å². The lowest BCUT2D eigenvalue weighted by Gasteiger charge is -2.14. The van der Waals surface area contributed by atoms with Crippen LogP contribution in [0.15, 0.2) is 30.9 Å². The molecule has 0 saturated carbocycles. The third kappa shape index (κ3) is 6.59. The second kappa shape index (κ2) is 9.71. The van der Waals surface area contributed by atoms with Gasteiger partial charge >= 0.3 is 5.97 Å². The summed E-state index contributed by atoms with van der Waals surface area (Å²) in [5.74, 6) is -3.85. The maximum atomic E-state index is 13.5. The molecule has 0 aliphatic carbocycles. The Bertz CT molecular complexity index is 561. The standard InChI is InChI=1S/C17H21F2NO3/c1-2-3-4-5-6-7-8-15(17(22)23)20-16(21)13-10-9-12(18)11-14(13)19/h2,9-11,15H,1,3-8H2,(H,20,21)(H,22,23)/t15-/m0/s1. The van der Waals surface area contributed by atoms with Crippen molar-refractivity contribution in [1.29, 1.82) is 0 Å². The predicted octanol–water partition coefficient (Wildman–Crippen LogP) is 3.67. The zero-order chi connectivity index (χ0) is 17.2. The Balaban J connectivity index is 2.53. The molecule has 1 rings (SSSR count). The molecule has 0 aromatic heterocycles. The largest absolute Gasteiger partial charge is 0.480 e. The van der Waals surface area contributed by atoms with Crippen LogP contribution in [0.2, 0.25) is 0 Å². The Kier molecular flexibility index (Phi) is 7.94. The van der Waals surface area contributed by atoms with E-state index in [1.165, 1.54) is 0 Å². The van der Waals surface area contributed by atoms with Gasteiger partial charge in [0.1, 0.15) is 17.7 Å². The highest BCUT2D eigenvalue weighted by Gasteiger charge is 2.22. The molecule has 0 aliphatic rings. The van der Waals surface area contributed by atoms with Crippen molar-refractivity contribution >= 4 is 11.9 Å². The van der Waals surface area contributed by atoms with Gasteiger partial charge < -0.3 is 10.4 Å². The van der Waals surface area contributed by atoms with E-state index >= 15 is 0 Å². The molecular formula is C17H21F2NO3. The van der Waals surface area contributed by atoms with E-state index in [0.29, 0.717) is 12.5 Å². The smallest absolute Gasteiger partial charge is 0.326 e. The maximum absolute atomic E-state index is 13.5. The molecule has 0 unspecified atom stereocenters. The van der Waals surface area contributed by atoms with E-state index in [2.05, 4.69) is 11.9 Å². The highest BCUT2D eigenvalue weighted by atomic mass is 19.1. The molecule has 6 heteroatoms. The monoisotopic (exact) mass is 325 g/mol. The molecule has 126 valence electrons. The molecule has 0 bridgehead atoms. The van der Waals surface area contributed by atoms with Gasteiger partial charge in [0.25, 0.3) is 5.91 Å². The number of halogens is 2. The van der Waals surface area contributed by atoms with Crippen LogP contribution >= 0.6 is 0 Å². The number of carbonyl (C=O) groups excluding carboxylic acids is 1. The number of unbranched alkanes of at least 4 members (excludes halogenated alkanes) is 4. The minimum atomic E-state index is -1.17. The third-order valence-electron chi connectivity index (χ3n) is 3.43. The summed E-state index contributed by atoms with van der Waals surface area (Å²) in [4.78, 5) is 23.1. The first-order chi connectivity index (χ1) is 11.0. The number of aliphatic carboxylic acids is 1. The molecule has 0 heterocycles. The number of allylic oxidation sites excluding steroid dienone is 1. The molecule has 4 nitrogen and oxygen atoms in total. The van der Waals surface area contributed by atoms with Crippen LogP contribution in [0.4, 0.5) is 8.78 Å². The van der Waals surface area contributed by atoms with Gasteiger partial charge in [0.05, 0.1) is 5.56 Å². The molecule has 0 saturated heterocycles. The van der Waals surface area contributed by atoms with Crippen LogP contribution in [0.3, 0.4) is 0 Å². The Morgan fingerprint density at radius 1 is 1.22 bits per heavy atom. The molecule has 2 N–H and O–H groups in total. The number of amides is 1. The number of carboxylic acid groups (broad SMARTS) is 1. The summed E-state index contributed by atoms with van der Waals surface area (Å²) in [5, 5.41) is 11.4. The van der Waals surface area contributed by atoms with Crippen LogP contribution in [0.25, 0.3) is 0 Å². The molecule has 0 fully saturated rings. The van der Waals surface area contributed by atoms with Crippen LogP contribution < -0.4 is 5.32 Å². The third-order valence-corrected chi connectivity index (χ3v) is 3.43. The summed E-state index contributed by atoms with van der Waals surface area (Å²) in [6, 6.07) is 1.44. The molecule has 0 spiro atoms. The van der Waals surface area contributed by atoms with E-state index < -0.39 is 29.6 Å². The van der Waals surface area contributed by atoms with Crippen molar-refractivity contribution in [2.24, 2.45) is 0 Å². The second-order valence-electron chi connectivity index (χ2n) is 5.27. The van der Waals surface area contributed by atoms with Gasteiger partial charge in [-0.3, -0.25) is 4.79 Å². The zero-order valence-corrected chi connectivity index (χ0v) is 12.9. The second-order valence-corrected chi connectivity index (χ2v) is 5.27. The Labute approximate surface area is 134 Å². The van der Waals surface area contributed by atoms with Crippen molar-refractivity contribution in [3.8, 4) is 0 Å². The van der Waals surface area contributed by atoms with Crippen LogP contribution in [0, 0.1) is 11.6 Å². The van der Waals surface area contributed by atoms with Crippen molar-refractivity contribution in [3.63, 3.8) is 0 Å². The molecule has 1 aromatic rings. The number of rotatable bonds is 10. The molecule has 23 heavy (non-hydrogen) atoms. The number of hydrogen-bond donors (Lipinski definition) is 2. The molecule has 1 aromatic carbocycles. The van der Waals surface area contributed by atoms with E-state index in [-0.39, 0.29) is 12.0 Å². The van der Waals surface area contributed by atoms with Crippen LogP contribution in [0.1, 0.15) is 48.9 Å². The van der Waals surface area contributed by atoms with E-state index in [1.807, 2.05) is 6.08 Å². The number of benzene rings is 1. The molecule has 1 atom stereocenters. The number of carbonyl (C=O) groups is 2. The topological polar surface area (TPSA) is 66.4 Å². The van der Waals surface area contributed by atoms with E-state index in [0.717, 1.165) is 37.8 Å². The lowest BCUT2D eigenvalue weighted by Crippen LogP contribution is -2.41. The van der Waals surface area contributed by atoms with Crippen LogP contribution in [0.5, 0.6) is 0 Å². The minimum absolute atomic E-state index is 0.262.